The summed E-state index contributed by atoms with van der Waals surface area (Å²) in [4.78, 5) is 66.2. The maximum absolute atomic E-state index is 14.8. The molecule has 3 heterocycles. The van der Waals surface area contributed by atoms with E-state index in [1.165, 1.54) is 18.3 Å². The first-order valence-corrected chi connectivity index (χ1v) is 20.6. The van der Waals surface area contributed by atoms with Crippen LogP contribution in [0.3, 0.4) is 0 Å². The van der Waals surface area contributed by atoms with E-state index in [9.17, 15) is 40.8 Å². The summed E-state index contributed by atoms with van der Waals surface area (Å²) in [6, 6.07) is 3.93. The van der Waals surface area contributed by atoms with E-state index in [2.05, 4.69) is 14.7 Å². The molecule has 0 spiro atoms. The number of sulfonamides is 1. The number of ketones is 1. The van der Waals surface area contributed by atoms with Crippen molar-refractivity contribution < 1.29 is 55.0 Å². The minimum atomic E-state index is -4.86. The minimum absolute atomic E-state index is 0.0189. The van der Waals surface area contributed by atoms with E-state index >= 15 is 0 Å². The van der Waals surface area contributed by atoms with E-state index in [-0.39, 0.29) is 37.6 Å². The lowest BCUT2D eigenvalue weighted by Gasteiger charge is -2.33. The normalized spacial score (nSPS) is 29.7. The molecule has 1 saturated heterocycles. The number of carbonyl (C=O) groups excluding carboxylic acids is 4. The van der Waals surface area contributed by atoms with Crippen LogP contribution in [-0.2, 0) is 33.9 Å². The Morgan fingerprint density at radius 1 is 1.07 bits per heavy atom. The zero-order valence-corrected chi connectivity index (χ0v) is 33.0. The number of rotatable bonds is 9. The van der Waals surface area contributed by atoms with E-state index in [1.54, 1.807) is 25.1 Å². The number of halogens is 3. The van der Waals surface area contributed by atoms with Gasteiger partial charge in [-0.15, -0.1) is 0 Å². The number of hydrogen-bond donors (Lipinski definition) is 1. The fraction of sp³-hybridized carbons (Fsp3) is 0.641. The molecule has 6 rings (SSSR count). The number of hydrogen-bond acceptors (Lipinski definition) is 11. The second-order valence-electron chi connectivity index (χ2n) is 16.4. The van der Waals surface area contributed by atoms with Crippen molar-refractivity contribution in [3.63, 3.8) is 0 Å². The number of nitrogens with one attached hydrogen (secondary N) is 1. The minimum Gasteiger partial charge on any atom is -0.497 e. The van der Waals surface area contributed by atoms with Crippen LogP contribution in [0.2, 0.25) is 0 Å². The summed E-state index contributed by atoms with van der Waals surface area (Å²) in [7, 11) is -2.42. The fourth-order valence-electron chi connectivity index (χ4n) is 7.94. The summed E-state index contributed by atoms with van der Waals surface area (Å²) >= 11 is 0. The van der Waals surface area contributed by atoms with Crippen LogP contribution in [0, 0.1) is 29.1 Å². The van der Waals surface area contributed by atoms with Crippen LogP contribution in [0.25, 0.3) is 10.9 Å². The Morgan fingerprint density at radius 2 is 1.80 bits per heavy atom. The van der Waals surface area contributed by atoms with Crippen molar-refractivity contribution in [3.8, 4) is 11.6 Å². The van der Waals surface area contributed by atoms with E-state index in [4.69, 9.17) is 14.2 Å². The molecular formula is C39H49F3N4O9S. The third-order valence-corrected chi connectivity index (χ3v) is 13.5. The summed E-state index contributed by atoms with van der Waals surface area (Å²) in [6.07, 6.45) is 1.12. The summed E-state index contributed by atoms with van der Waals surface area (Å²) in [5.74, 6) is -4.46. The molecule has 2 amide bonds. The van der Waals surface area contributed by atoms with Gasteiger partial charge < -0.3 is 19.1 Å². The van der Waals surface area contributed by atoms with Gasteiger partial charge >= 0.3 is 12.1 Å². The van der Waals surface area contributed by atoms with Gasteiger partial charge in [-0.1, -0.05) is 26.0 Å². The number of amides is 2. The van der Waals surface area contributed by atoms with Crippen LogP contribution in [0.15, 0.2) is 36.7 Å². The number of Topliss-reactive ketones (excluding diaryl/α,β-unsaturated/α-hetero) is 1. The van der Waals surface area contributed by atoms with Crippen molar-refractivity contribution in [2.45, 2.75) is 115 Å². The van der Waals surface area contributed by atoms with Crippen LogP contribution in [0.5, 0.6) is 11.6 Å². The zero-order valence-electron chi connectivity index (χ0n) is 32.1. The lowest BCUT2D eigenvalue weighted by molar-refractivity contribution is -0.257. The summed E-state index contributed by atoms with van der Waals surface area (Å²) in [5, 5.41) is -0.131. The van der Waals surface area contributed by atoms with Gasteiger partial charge in [0.2, 0.25) is 33.3 Å². The predicted molar refractivity (Wildman–Crippen MR) is 197 cm³/mol. The Bertz CT molecular complexity index is 2000. The van der Waals surface area contributed by atoms with Crippen molar-refractivity contribution in [3.05, 3.63) is 36.7 Å². The molecule has 0 unspecified atom stereocenters. The molecule has 306 valence electrons. The number of aromatic nitrogens is 2. The van der Waals surface area contributed by atoms with Crippen LogP contribution in [0.1, 0.15) is 85.5 Å². The highest BCUT2D eigenvalue weighted by Gasteiger charge is 2.62. The first-order chi connectivity index (χ1) is 26.2. The van der Waals surface area contributed by atoms with Crippen LogP contribution >= 0.6 is 0 Å². The second-order valence-corrected chi connectivity index (χ2v) is 18.4. The maximum Gasteiger partial charge on any atom is 0.427 e. The van der Waals surface area contributed by atoms with Gasteiger partial charge in [0, 0.05) is 18.9 Å². The number of ether oxygens (including phenoxy) is 3. The van der Waals surface area contributed by atoms with E-state index in [0.717, 1.165) is 13.8 Å². The van der Waals surface area contributed by atoms with Gasteiger partial charge in [0.1, 0.15) is 18.2 Å². The molecule has 7 atom stereocenters. The zero-order chi connectivity index (χ0) is 40.8. The average Bonchev–Trinajstić information content (AvgIpc) is 4.04. The number of benzene rings is 1. The molecule has 13 nitrogen and oxygen atoms in total. The van der Waals surface area contributed by atoms with E-state index < -0.39 is 92.4 Å². The van der Waals surface area contributed by atoms with Gasteiger partial charge in [-0.25, -0.2) is 18.4 Å². The number of alkyl halides is 3. The molecule has 1 aromatic carbocycles. The van der Waals surface area contributed by atoms with Gasteiger partial charge in [-0.05, 0) is 82.3 Å². The van der Waals surface area contributed by atoms with Crippen LogP contribution in [0.4, 0.5) is 13.2 Å². The first kappa shape index (κ1) is 41.4. The molecular weight excluding hydrogens is 758 g/mol. The molecule has 3 fully saturated rings. The molecule has 1 N–H and O–H groups in total. The number of nitrogens with zero attached hydrogens (tertiary/aromatic N) is 3. The number of fused-ring (bicyclic) bond motifs is 3. The van der Waals surface area contributed by atoms with Crippen molar-refractivity contribution >= 4 is 44.5 Å². The molecule has 17 heteroatoms. The Morgan fingerprint density at radius 3 is 2.48 bits per heavy atom. The highest BCUT2D eigenvalue weighted by atomic mass is 32.2. The van der Waals surface area contributed by atoms with Gasteiger partial charge in [0.25, 0.3) is 0 Å². The van der Waals surface area contributed by atoms with Gasteiger partial charge in [-0.2, -0.15) is 13.2 Å². The second kappa shape index (κ2) is 15.6. The third-order valence-electron chi connectivity index (χ3n) is 11.7. The van der Waals surface area contributed by atoms with Crippen molar-refractivity contribution in [2.75, 3.05) is 13.7 Å². The van der Waals surface area contributed by atoms with Crippen molar-refractivity contribution in [1.82, 2.24) is 19.6 Å². The van der Waals surface area contributed by atoms with Crippen LogP contribution < -0.4 is 14.2 Å². The number of methoxy groups -OCH3 is 1. The van der Waals surface area contributed by atoms with Crippen LogP contribution in [-0.4, -0.2) is 89.7 Å². The molecule has 56 heavy (non-hydrogen) atoms. The molecule has 2 aromatic rings. The molecule has 1 aromatic heterocycles. The smallest absolute Gasteiger partial charge is 0.427 e. The lowest BCUT2D eigenvalue weighted by Crippen LogP contribution is -2.48. The molecule has 4 aliphatic rings. The molecule has 2 aliphatic heterocycles. The Kier molecular flexibility index (Phi) is 11.5. The Balaban J connectivity index is 1.34. The summed E-state index contributed by atoms with van der Waals surface area (Å²) in [5.41, 5.74) is -3.66. The van der Waals surface area contributed by atoms with Crippen molar-refractivity contribution in [2.24, 2.45) is 29.1 Å². The van der Waals surface area contributed by atoms with Gasteiger partial charge in [-0.3, -0.25) is 23.9 Å². The quantitative estimate of drug-likeness (QED) is 0.252. The third kappa shape index (κ3) is 8.81. The average molecular weight is 807 g/mol. The molecule has 0 bridgehead atoms. The Labute approximate surface area is 324 Å². The molecule has 2 aliphatic carbocycles. The molecule has 2 saturated carbocycles. The number of allylic oxidation sites excluding steroid dienone is 2. The number of esters is 1. The standard InChI is InChI=1S/C39H49F3N4O9S/c1-22-8-6-7-9-24-18-38(24,36(50)45-56(51,52)27-11-12-27)19-32(47)31-16-26(54-34-28-13-10-25(53-5)15-30(28)43-21-44-34)20-46(31)35(49)29(23(2)14-22)17-33(48)55-37(3,4)39(40,41)42/h7,9-10,13,15,21-24,26-27,29,31H,6,8,11-12,14,16-20H2,1-5H3,(H,45,50)/b9-7-/t22-,23-,24-,26-,29+,31+,38-/m1/s1. The summed E-state index contributed by atoms with van der Waals surface area (Å²) < 4.78 is 85.7. The van der Waals surface area contributed by atoms with E-state index in [1.807, 2.05) is 19.1 Å². The summed E-state index contributed by atoms with van der Waals surface area (Å²) in [6.45, 7) is 5.06. The first-order valence-electron chi connectivity index (χ1n) is 19.0. The fourth-order valence-corrected chi connectivity index (χ4v) is 9.33. The monoisotopic (exact) mass is 806 g/mol. The predicted octanol–water partition coefficient (Wildman–Crippen LogP) is 5.46. The Hall–Kier alpha value is -4.28. The van der Waals surface area contributed by atoms with E-state index in [0.29, 0.717) is 48.8 Å². The largest absolute Gasteiger partial charge is 0.497 e. The van der Waals surface area contributed by atoms with Gasteiger partial charge in [0.15, 0.2) is 5.78 Å². The maximum atomic E-state index is 14.8. The number of carbonyl (C=O) groups is 4. The SMILES string of the molecule is COc1ccc2c(O[C@@H]3C[C@H]4C(=O)C[C@]5(C(=O)NS(=O)(=O)C6CC6)C[C@H]5/C=C\CC[C@@H](C)C[C@@H](C)[C@H](CC(=O)OC(C)(C)C(F)(F)F)C(=O)N4C3)ncnc2c1. The highest BCUT2D eigenvalue weighted by Crippen LogP contribution is 2.57. The van der Waals surface area contributed by atoms with Gasteiger partial charge in [0.05, 0.1) is 53.6 Å². The van der Waals surface area contributed by atoms with Crippen molar-refractivity contribution in [1.29, 1.82) is 0 Å². The lowest BCUT2D eigenvalue weighted by atomic mass is 9.82. The molecule has 0 radical (unpaired) electrons. The topological polar surface area (TPSA) is 171 Å². The highest BCUT2D eigenvalue weighted by molar-refractivity contribution is 7.90.